The van der Waals surface area contributed by atoms with Crippen molar-refractivity contribution in [2.75, 3.05) is 30.9 Å². The second-order valence-electron chi connectivity index (χ2n) is 11.1. The maximum Gasteiger partial charge on any atom is 0.256 e. The molecule has 0 aromatic carbocycles. The first-order chi connectivity index (χ1) is 15.1. The van der Waals surface area contributed by atoms with Crippen LogP contribution < -0.4 is 15.5 Å². The highest BCUT2D eigenvalue weighted by Crippen LogP contribution is 2.61. The standard InChI is InChI=1S/C26H39N5O/c1-17(9-12-31-16-30(6)24-22(31)23(27)28-15-29-24)7-10-25(4)18(2)8-11-26(5)19(3)13-20(32)14-21(25)26/h9,13,15,18,21H,7-8,10-12,14,16H2,1-6H3,(H2,27,28,29)/p+1/b17-9+/t18-,21-,25+,26-/m0/s1. The van der Waals surface area contributed by atoms with Crippen molar-refractivity contribution in [2.24, 2.45) is 22.7 Å². The van der Waals surface area contributed by atoms with Gasteiger partial charge in [-0.05, 0) is 68.3 Å². The summed E-state index contributed by atoms with van der Waals surface area (Å²) in [4.78, 5) is 24.6. The highest BCUT2D eigenvalue weighted by Gasteiger charge is 2.54. The summed E-state index contributed by atoms with van der Waals surface area (Å²) in [5.74, 6) is 2.93. The van der Waals surface area contributed by atoms with Gasteiger partial charge in [0.25, 0.3) is 5.82 Å². The van der Waals surface area contributed by atoms with Crippen molar-refractivity contribution in [1.82, 2.24) is 9.97 Å². The molecule has 2 heterocycles. The molecule has 1 saturated carbocycles. The van der Waals surface area contributed by atoms with Crippen LogP contribution in [0.15, 0.2) is 29.6 Å². The molecule has 0 amide bonds. The smallest absolute Gasteiger partial charge is 0.256 e. The third kappa shape index (κ3) is 3.76. The second-order valence-corrected chi connectivity index (χ2v) is 11.1. The fraction of sp³-hybridized carbons (Fsp3) is 0.654. The Morgan fingerprint density at radius 1 is 1.38 bits per heavy atom. The van der Waals surface area contributed by atoms with Crippen molar-refractivity contribution in [3.05, 3.63) is 29.6 Å². The molecule has 0 spiro atoms. The average molecular weight is 439 g/mol. The number of nitrogens with two attached hydrogens (primary N) is 1. The first-order valence-corrected chi connectivity index (χ1v) is 12.1. The van der Waals surface area contributed by atoms with Crippen LogP contribution in [0, 0.1) is 22.7 Å². The largest absolute Gasteiger partial charge is 0.382 e. The van der Waals surface area contributed by atoms with E-state index in [0.717, 1.165) is 37.6 Å². The SMILES string of the molecule is CC1=CC(=O)C[C@H]2[C@](C)(CC/C(C)=C/CN3C[NH+](C)c4ncnc(N)c43)[C@@H](C)CC[C@@]12C. The number of carbonyl (C=O) groups is 1. The van der Waals surface area contributed by atoms with Gasteiger partial charge in [0, 0.05) is 13.0 Å². The lowest BCUT2D eigenvalue weighted by Gasteiger charge is -2.57. The van der Waals surface area contributed by atoms with E-state index in [4.69, 9.17) is 5.73 Å². The van der Waals surface area contributed by atoms with Gasteiger partial charge < -0.3 is 10.6 Å². The maximum absolute atomic E-state index is 12.5. The number of allylic oxidation sites excluding steroid dienone is 3. The Morgan fingerprint density at radius 2 is 2.12 bits per heavy atom. The molecule has 1 aliphatic heterocycles. The Balaban J connectivity index is 1.47. The molecule has 0 radical (unpaired) electrons. The Morgan fingerprint density at radius 3 is 2.88 bits per heavy atom. The molecular formula is C26H40N5O+. The van der Waals surface area contributed by atoms with Gasteiger partial charge in [0.15, 0.2) is 24.0 Å². The normalized spacial score (nSPS) is 34.9. The number of hydrogen-bond acceptors (Lipinski definition) is 5. The molecule has 2 aliphatic carbocycles. The molecule has 1 aromatic rings. The zero-order valence-electron chi connectivity index (χ0n) is 20.7. The van der Waals surface area contributed by atoms with Gasteiger partial charge in [0.1, 0.15) is 6.33 Å². The summed E-state index contributed by atoms with van der Waals surface area (Å²) in [6.45, 7) is 13.3. The third-order valence-corrected chi connectivity index (χ3v) is 9.19. The van der Waals surface area contributed by atoms with E-state index in [9.17, 15) is 4.79 Å². The zero-order valence-corrected chi connectivity index (χ0v) is 20.7. The topological polar surface area (TPSA) is 76.5 Å². The van der Waals surface area contributed by atoms with Crippen molar-refractivity contribution in [2.45, 2.75) is 66.7 Å². The van der Waals surface area contributed by atoms with Gasteiger partial charge in [0.05, 0.1) is 7.05 Å². The van der Waals surface area contributed by atoms with Crippen molar-refractivity contribution in [1.29, 1.82) is 0 Å². The highest BCUT2D eigenvalue weighted by atomic mass is 16.1. The quantitative estimate of drug-likeness (QED) is 0.686. The molecule has 174 valence electrons. The summed E-state index contributed by atoms with van der Waals surface area (Å²) in [6, 6.07) is 0. The van der Waals surface area contributed by atoms with Crippen LogP contribution in [0.25, 0.3) is 0 Å². The zero-order chi connectivity index (χ0) is 23.3. The average Bonchev–Trinajstić information content (AvgIpc) is 3.07. The number of anilines is 2. The summed E-state index contributed by atoms with van der Waals surface area (Å²) in [7, 11) is 2.12. The van der Waals surface area contributed by atoms with E-state index in [1.807, 2.05) is 6.08 Å². The van der Waals surface area contributed by atoms with Gasteiger partial charge in [0.2, 0.25) is 0 Å². The Bertz CT molecular complexity index is 969. The highest BCUT2D eigenvalue weighted by molar-refractivity contribution is 5.92. The van der Waals surface area contributed by atoms with Crippen LogP contribution in [0.2, 0.25) is 0 Å². The first kappa shape index (κ1) is 23.0. The summed E-state index contributed by atoms with van der Waals surface area (Å²) in [5, 5.41) is 0. The number of nitrogens with one attached hydrogen (secondary N) is 1. The molecular weight excluding hydrogens is 398 g/mol. The molecule has 1 aromatic heterocycles. The van der Waals surface area contributed by atoms with Crippen molar-refractivity contribution in [3.63, 3.8) is 0 Å². The number of quaternary nitrogens is 1. The number of hydrogen-bond donors (Lipinski definition) is 2. The number of aromatic nitrogens is 2. The van der Waals surface area contributed by atoms with Crippen molar-refractivity contribution < 1.29 is 9.69 Å². The van der Waals surface area contributed by atoms with Crippen LogP contribution in [-0.2, 0) is 4.79 Å². The molecule has 1 unspecified atom stereocenters. The van der Waals surface area contributed by atoms with Gasteiger partial charge in [-0.1, -0.05) is 38.0 Å². The number of ketones is 1. The fourth-order valence-corrected chi connectivity index (χ4v) is 6.56. The minimum absolute atomic E-state index is 0.164. The number of nitrogen functional groups attached to an aromatic ring is 1. The van der Waals surface area contributed by atoms with E-state index >= 15 is 0 Å². The summed E-state index contributed by atoms with van der Waals surface area (Å²) in [6.07, 6.45) is 11.1. The molecule has 0 bridgehead atoms. The minimum Gasteiger partial charge on any atom is -0.382 e. The molecule has 1 fully saturated rings. The Hall–Kier alpha value is -2.21. The molecule has 4 rings (SSSR count). The lowest BCUT2D eigenvalue weighted by atomic mass is 9.47. The van der Waals surface area contributed by atoms with E-state index in [2.05, 4.69) is 62.6 Å². The van der Waals surface area contributed by atoms with Gasteiger partial charge >= 0.3 is 0 Å². The predicted octanol–water partition coefficient (Wildman–Crippen LogP) is 3.69. The van der Waals surface area contributed by atoms with Gasteiger partial charge in [-0.25, -0.2) is 4.98 Å². The molecule has 32 heavy (non-hydrogen) atoms. The molecule has 5 atom stereocenters. The third-order valence-electron chi connectivity index (χ3n) is 9.19. The number of carbonyl (C=O) groups excluding carboxylic acids is 1. The summed E-state index contributed by atoms with van der Waals surface area (Å²) < 4.78 is 0. The molecule has 0 saturated heterocycles. The Labute approximate surface area is 193 Å². The van der Waals surface area contributed by atoms with Crippen LogP contribution in [0.3, 0.4) is 0 Å². The van der Waals surface area contributed by atoms with Crippen LogP contribution in [0.4, 0.5) is 17.3 Å². The van der Waals surface area contributed by atoms with E-state index in [1.165, 1.54) is 28.9 Å². The van der Waals surface area contributed by atoms with E-state index in [1.54, 1.807) is 6.33 Å². The van der Waals surface area contributed by atoms with Crippen LogP contribution in [0.1, 0.15) is 66.7 Å². The maximum atomic E-state index is 12.5. The molecule has 6 nitrogen and oxygen atoms in total. The number of nitrogens with zero attached hydrogens (tertiary/aromatic N) is 3. The summed E-state index contributed by atoms with van der Waals surface area (Å²) >= 11 is 0. The molecule has 3 aliphatic rings. The predicted molar refractivity (Wildman–Crippen MR) is 130 cm³/mol. The monoisotopic (exact) mass is 438 g/mol. The van der Waals surface area contributed by atoms with Crippen LogP contribution in [0.5, 0.6) is 0 Å². The van der Waals surface area contributed by atoms with Crippen molar-refractivity contribution in [3.8, 4) is 0 Å². The van der Waals surface area contributed by atoms with Crippen molar-refractivity contribution >= 4 is 23.1 Å². The lowest BCUT2D eigenvalue weighted by Crippen LogP contribution is -3.03. The van der Waals surface area contributed by atoms with Crippen LogP contribution in [-0.4, -0.2) is 36.0 Å². The number of rotatable bonds is 5. The Kier molecular flexibility index (Phi) is 5.95. The fourth-order valence-electron chi connectivity index (χ4n) is 6.56. The van der Waals surface area contributed by atoms with Gasteiger partial charge in [-0.3, -0.25) is 9.69 Å². The molecule has 3 N–H and O–H groups in total. The van der Waals surface area contributed by atoms with Crippen LogP contribution >= 0.6 is 0 Å². The van der Waals surface area contributed by atoms with E-state index < -0.39 is 0 Å². The lowest BCUT2D eigenvalue weighted by molar-refractivity contribution is -0.805. The summed E-state index contributed by atoms with van der Waals surface area (Å²) in [5.41, 5.74) is 10.2. The number of fused-ring (bicyclic) bond motifs is 2. The minimum atomic E-state index is 0.164. The first-order valence-electron chi connectivity index (χ1n) is 12.1. The van der Waals surface area contributed by atoms with E-state index in [-0.39, 0.29) is 10.8 Å². The molecule has 6 heteroatoms. The van der Waals surface area contributed by atoms with Gasteiger partial charge in [-0.2, -0.15) is 4.98 Å². The van der Waals surface area contributed by atoms with E-state index in [0.29, 0.717) is 29.9 Å². The van der Waals surface area contributed by atoms with Gasteiger partial charge in [-0.15, -0.1) is 0 Å². The second kappa shape index (κ2) is 8.29.